The summed E-state index contributed by atoms with van der Waals surface area (Å²) in [6, 6.07) is -0.313. The van der Waals surface area contributed by atoms with E-state index < -0.39 is 11.9 Å². The van der Waals surface area contributed by atoms with Crippen molar-refractivity contribution in [3.63, 3.8) is 0 Å². The van der Waals surface area contributed by atoms with Crippen LogP contribution in [0, 0.1) is 0 Å². The van der Waals surface area contributed by atoms with E-state index >= 15 is 0 Å². The maximum Gasteiger partial charge on any atom is 0.317 e. The molecule has 1 aromatic rings. The Morgan fingerprint density at radius 1 is 1.44 bits per heavy atom. The fourth-order valence-corrected chi connectivity index (χ4v) is 2.00. The van der Waals surface area contributed by atoms with E-state index in [4.69, 9.17) is 10.2 Å². The molecule has 1 unspecified atom stereocenters. The molecule has 0 spiro atoms. The Morgan fingerprint density at radius 2 is 2.00 bits per heavy atom. The maximum absolute atomic E-state index is 10.6. The van der Waals surface area contributed by atoms with Gasteiger partial charge in [-0.3, -0.25) is 14.5 Å². The van der Waals surface area contributed by atoms with Crippen LogP contribution in [0.4, 0.5) is 0 Å². The first-order valence-corrected chi connectivity index (χ1v) is 5.45. The number of rotatable bonds is 6. The lowest BCUT2D eigenvalue weighted by molar-refractivity contribution is -0.142. The van der Waals surface area contributed by atoms with E-state index in [1.54, 1.807) is 18.5 Å². The molecule has 0 amide bonds. The first-order valence-electron chi connectivity index (χ1n) is 4.57. The third-order valence-corrected chi connectivity index (χ3v) is 2.98. The molecule has 0 saturated carbocycles. The highest BCUT2D eigenvalue weighted by Crippen LogP contribution is 2.21. The van der Waals surface area contributed by atoms with E-state index in [0.29, 0.717) is 5.01 Å². The molecule has 1 heterocycles. The summed E-state index contributed by atoms with van der Waals surface area (Å²) >= 11 is 1.37. The number of nitrogens with zero attached hydrogens (tertiary/aromatic N) is 2. The molecule has 0 aliphatic heterocycles. The molecule has 0 aliphatic rings. The minimum atomic E-state index is -1.05. The summed E-state index contributed by atoms with van der Waals surface area (Å²) in [6.45, 7) is 1.12. The molecular formula is C9H12N2O4S. The number of carbonyl (C=O) groups is 2. The van der Waals surface area contributed by atoms with Crippen molar-refractivity contribution >= 4 is 23.3 Å². The first-order chi connectivity index (χ1) is 7.50. The second kappa shape index (κ2) is 5.57. The van der Waals surface area contributed by atoms with E-state index in [1.165, 1.54) is 16.2 Å². The van der Waals surface area contributed by atoms with Gasteiger partial charge in [-0.15, -0.1) is 11.3 Å². The molecule has 0 fully saturated rings. The zero-order valence-corrected chi connectivity index (χ0v) is 9.48. The Bertz CT molecular complexity index is 350. The van der Waals surface area contributed by atoms with Gasteiger partial charge < -0.3 is 10.2 Å². The molecule has 1 rings (SSSR count). The van der Waals surface area contributed by atoms with E-state index in [2.05, 4.69) is 4.98 Å². The van der Waals surface area contributed by atoms with Crippen LogP contribution >= 0.6 is 11.3 Å². The van der Waals surface area contributed by atoms with Gasteiger partial charge in [-0.25, -0.2) is 4.98 Å². The molecule has 0 saturated heterocycles. The lowest BCUT2D eigenvalue weighted by Gasteiger charge is -2.23. The highest BCUT2D eigenvalue weighted by Gasteiger charge is 2.22. The summed E-state index contributed by atoms with van der Waals surface area (Å²) in [7, 11) is 0. The summed E-state index contributed by atoms with van der Waals surface area (Å²) < 4.78 is 0. The lowest BCUT2D eigenvalue weighted by Crippen LogP contribution is -2.36. The van der Waals surface area contributed by atoms with Gasteiger partial charge in [0.15, 0.2) is 0 Å². The number of aliphatic carboxylic acids is 2. The molecule has 0 aromatic carbocycles. The largest absolute Gasteiger partial charge is 0.480 e. The number of thiazole rings is 1. The molecule has 88 valence electrons. The van der Waals surface area contributed by atoms with Crippen LogP contribution in [0.15, 0.2) is 11.6 Å². The van der Waals surface area contributed by atoms with Crippen LogP contribution in [0.2, 0.25) is 0 Å². The number of hydrogen-bond acceptors (Lipinski definition) is 5. The van der Waals surface area contributed by atoms with Crippen LogP contribution in [0.3, 0.4) is 0 Å². The topological polar surface area (TPSA) is 90.7 Å². The normalized spacial score (nSPS) is 12.6. The van der Waals surface area contributed by atoms with Crippen molar-refractivity contribution in [1.82, 2.24) is 9.88 Å². The zero-order chi connectivity index (χ0) is 12.1. The SMILES string of the molecule is CC(c1nccs1)N(CC(=O)O)CC(=O)O. The minimum absolute atomic E-state index is 0.312. The standard InChI is InChI=1S/C9H12N2O4S/c1-6(9-10-2-3-16-9)11(4-7(12)13)5-8(14)15/h2-3,6H,4-5H2,1H3,(H,12,13)(H,14,15). The third kappa shape index (κ3) is 3.59. The molecule has 1 aromatic heterocycles. The average Bonchev–Trinajstić information content (AvgIpc) is 2.66. The Hall–Kier alpha value is -1.47. The Balaban J connectivity index is 2.75. The number of carboxylic acids is 2. The van der Waals surface area contributed by atoms with Crippen molar-refractivity contribution in [2.45, 2.75) is 13.0 Å². The summed E-state index contributed by atoms with van der Waals surface area (Å²) in [4.78, 5) is 26.6. The molecule has 0 aliphatic carbocycles. The highest BCUT2D eigenvalue weighted by atomic mass is 32.1. The van der Waals surface area contributed by atoms with Crippen molar-refractivity contribution in [1.29, 1.82) is 0 Å². The van der Waals surface area contributed by atoms with Gasteiger partial charge in [0.05, 0.1) is 19.1 Å². The summed E-state index contributed by atoms with van der Waals surface area (Å²) in [6.07, 6.45) is 1.61. The van der Waals surface area contributed by atoms with Crippen LogP contribution < -0.4 is 0 Å². The number of hydrogen-bond donors (Lipinski definition) is 2. The third-order valence-electron chi connectivity index (χ3n) is 2.03. The van der Waals surface area contributed by atoms with Gasteiger partial charge in [0.2, 0.25) is 0 Å². The van der Waals surface area contributed by atoms with Crippen molar-refractivity contribution in [3.8, 4) is 0 Å². The summed E-state index contributed by atoms with van der Waals surface area (Å²) in [5, 5.41) is 19.9. The van der Waals surface area contributed by atoms with Gasteiger partial charge in [-0.05, 0) is 6.92 Å². The van der Waals surface area contributed by atoms with Gasteiger partial charge >= 0.3 is 11.9 Å². The second-order valence-electron chi connectivity index (χ2n) is 3.24. The summed E-state index contributed by atoms with van der Waals surface area (Å²) in [5.41, 5.74) is 0. The predicted octanol–water partition coefficient (Wildman–Crippen LogP) is 0.675. The van der Waals surface area contributed by atoms with Crippen LogP contribution in [0.5, 0.6) is 0 Å². The molecule has 2 N–H and O–H groups in total. The first kappa shape index (κ1) is 12.6. The van der Waals surface area contributed by atoms with Crippen molar-refractivity contribution in [2.24, 2.45) is 0 Å². The Kier molecular flexibility index (Phi) is 4.39. The molecule has 6 nitrogen and oxygen atoms in total. The zero-order valence-electron chi connectivity index (χ0n) is 8.66. The van der Waals surface area contributed by atoms with Gasteiger partial charge in [0.25, 0.3) is 0 Å². The molecule has 0 bridgehead atoms. The average molecular weight is 244 g/mol. The van der Waals surface area contributed by atoms with Crippen LogP contribution in [0.1, 0.15) is 18.0 Å². The van der Waals surface area contributed by atoms with E-state index in [0.717, 1.165) is 0 Å². The van der Waals surface area contributed by atoms with Gasteiger partial charge in [-0.1, -0.05) is 0 Å². The quantitative estimate of drug-likeness (QED) is 0.764. The molecule has 1 atom stereocenters. The molecule has 0 radical (unpaired) electrons. The van der Waals surface area contributed by atoms with Gasteiger partial charge in [0.1, 0.15) is 5.01 Å². The number of aromatic nitrogens is 1. The minimum Gasteiger partial charge on any atom is -0.480 e. The fraction of sp³-hybridized carbons (Fsp3) is 0.444. The van der Waals surface area contributed by atoms with Crippen LogP contribution in [-0.2, 0) is 9.59 Å². The second-order valence-corrected chi connectivity index (χ2v) is 4.16. The molecule has 7 heteroatoms. The number of carboxylic acid groups (broad SMARTS) is 2. The van der Waals surface area contributed by atoms with E-state index in [9.17, 15) is 9.59 Å². The Morgan fingerprint density at radius 3 is 2.38 bits per heavy atom. The monoisotopic (exact) mass is 244 g/mol. The van der Waals surface area contributed by atoms with Crippen LogP contribution in [0.25, 0.3) is 0 Å². The van der Waals surface area contributed by atoms with Crippen molar-refractivity contribution < 1.29 is 19.8 Å². The molecule has 16 heavy (non-hydrogen) atoms. The van der Waals surface area contributed by atoms with E-state index in [1.807, 2.05) is 0 Å². The lowest BCUT2D eigenvalue weighted by atomic mass is 10.3. The van der Waals surface area contributed by atoms with Crippen molar-refractivity contribution in [3.05, 3.63) is 16.6 Å². The van der Waals surface area contributed by atoms with Gasteiger partial charge in [0, 0.05) is 11.6 Å². The Labute approximate surface area is 96.2 Å². The predicted molar refractivity (Wildman–Crippen MR) is 57.4 cm³/mol. The summed E-state index contributed by atoms with van der Waals surface area (Å²) in [5.74, 6) is -2.10. The van der Waals surface area contributed by atoms with E-state index in [-0.39, 0.29) is 19.1 Å². The smallest absolute Gasteiger partial charge is 0.317 e. The fourth-order valence-electron chi connectivity index (χ4n) is 1.27. The maximum atomic E-state index is 10.6. The van der Waals surface area contributed by atoms with Crippen molar-refractivity contribution in [2.75, 3.05) is 13.1 Å². The van der Waals surface area contributed by atoms with Gasteiger partial charge in [-0.2, -0.15) is 0 Å². The van der Waals surface area contributed by atoms with Crippen LogP contribution in [-0.4, -0.2) is 45.1 Å². The highest BCUT2D eigenvalue weighted by molar-refractivity contribution is 7.09. The molecular weight excluding hydrogens is 232 g/mol.